The summed E-state index contributed by atoms with van der Waals surface area (Å²) in [4.78, 5) is 19.3. The first-order valence-electron chi connectivity index (χ1n) is 14.4. The van der Waals surface area contributed by atoms with Gasteiger partial charge in [-0.3, -0.25) is 10.2 Å². The molecule has 3 N–H and O–H groups in total. The molecular formula is C34H30Br2F3N3O4. The fourth-order valence-corrected chi connectivity index (χ4v) is 5.90. The lowest BCUT2D eigenvalue weighted by atomic mass is 9.82. The lowest BCUT2D eigenvalue weighted by molar-refractivity contribution is -0.138. The predicted octanol–water partition coefficient (Wildman–Crippen LogP) is 7.31. The van der Waals surface area contributed by atoms with Gasteiger partial charge in [-0.05, 0) is 59.7 Å². The Bertz CT molecular complexity index is 1680. The highest BCUT2D eigenvalue weighted by Crippen LogP contribution is 2.44. The molecule has 0 aromatic heterocycles. The molecule has 5 rings (SSSR count). The largest absolute Gasteiger partial charge is 0.494 e. The van der Waals surface area contributed by atoms with Crippen LogP contribution in [0.25, 0.3) is 0 Å². The molecular weight excluding hydrogens is 731 g/mol. The molecule has 0 fully saturated rings. The number of amides is 1. The standard InChI is InChI=1S/C34H30Br2F3N3O4/c35-25-14-10-22(11-15-25)20-33(32(44)42-40-21-24-6-1-3-8-28(24)34(37,38)39)30(27-7-2-4-9-29(27)36)46-31(41-33)23-12-16-26(17-13-23)45-19-5-18-43/h1-4,6-17,30,40,43H,5,18-21H2,(H,42,44)/t30-,33-/m0/s1. The fraction of sp³-hybridized carbons (Fsp3) is 0.235. The van der Waals surface area contributed by atoms with Gasteiger partial charge in [0.15, 0.2) is 11.6 Å². The normalized spacial score (nSPS) is 17.7. The maximum absolute atomic E-state index is 14.3. The highest BCUT2D eigenvalue weighted by Gasteiger charge is 2.54. The molecule has 1 amide bonds. The van der Waals surface area contributed by atoms with Crippen molar-refractivity contribution in [3.63, 3.8) is 0 Å². The van der Waals surface area contributed by atoms with Crippen molar-refractivity contribution in [3.05, 3.63) is 134 Å². The quantitative estimate of drug-likeness (QED) is 0.104. The van der Waals surface area contributed by atoms with Crippen molar-refractivity contribution in [1.82, 2.24) is 10.9 Å². The number of rotatable bonds is 12. The number of aliphatic hydroxyl groups excluding tert-OH is 1. The maximum atomic E-state index is 14.3. The minimum atomic E-state index is -4.55. The number of benzene rings is 4. The molecule has 2 atom stereocenters. The second-order valence-electron chi connectivity index (χ2n) is 10.6. The third kappa shape index (κ3) is 7.80. The summed E-state index contributed by atoms with van der Waals surface area (Å²) in [5.41, 5.74) is 5.03. The number of hydrogen-bond acceptors (Lipinski definition) is 6. The Morgan fingerprint density at radius 1 is 0.957 bits per heavy atom. The summed E-state index contributed by atoms with van der Waals surface area (Å²) in [6, 6.07) is 27.0. The number of aliphatic hydroxyl groups is 1. The topological polar surface area (TPSA) is 92.2 Å². The highest BCUT2D eigenvalue weighted by atomic mass is 79.9. The summed E-state index contributed by atoms with van der Waals surface area (Å²) in [6.45, 7) is 0.102. The zero-order valence-electron chi connectivity index (χ0n) is 24.4. The SMILES string of the molecule is O=C(NNCc1ccccc1C(F)(F)F)[C@@]1(Cc2ccc(Br)cc2)N=C(c2ccc(OCCCO)cc2)O[C@H]1c1ccccc1Br. The summed E-state index contributed by atoms with van der Waals surface area (Å²) in [6.07, 6.45) is -4.85. The molecule has 4 aromatic carbocycles. The van der Waals surface area contributed by atoms with Gasteiger partial charge in [-0.2, -0.15) is 13.2 Å². The number of hydrazine groups is 1. The van der Waals surface area contributed by atoms with Crippen LogP contribution in [0.1, 0.15) is 40.3 Å². The van der Waals surface area contributed by atoms with E-state index in [-0.39, 0.29) is 31.0 Å². The van der Waals surface area contributed by atoms with Gasteiger partial charge in [0.2, 0.25) is 5.90 Å². The Morgan fingerprint density at radius 3 is 2.35 bits per heavy atom. The van der Waals surface area contributed by atoms with Crippen LogP contribution in [-0.2, 0) is 28.7 Å². The van der Waals surface area contributed by atoms with Crippen LogP contribution in [0.5, 0.6) is 5.75 Å². The van der Waals surface area contributed by atoms with Crippen molar-refractivity contribution in [2.75, 3.05) is 13.2 Å². The average Bonchev–Trinajstić information content (AvgIpc) is 3.42. The van der Waals surface area contributed by atoms with Gasteiger partial charge in [-0.1, -0.05) is 80.4 Å². The van der Waals surface area contributed by atoms with E-state index in [2.05, 4.69) is 42.7 Å². The molecule has 12 heteroatoms. The van der Waals surface area contributed by atoms with Crippen LogP contribution in [0.15, 0.2) is 111 Å². The van der Waals surface area contributed by atoms with Gasteiger partial charge in [-0.15, -0.1) is 0 Å². The zero-order valence-corrected chi connectivity index (χ0v) is 27.5. The summed E-state index contributed by atoms with van der Waals surface area (Å²) in [7, 11) is 0. The zero-order chi connectivity index (χ0) is 32.7. The van der Waals surface area contributed by atoms with Crippen molar-refractivity contribution >= 4 is 43.7 Å². The molecule has 1 aliphatic rings. The summed E-state index contributed by atoms with van der Waals surface area (Å²) in [5.74, 6) is 0.234. The smallest absolute Gasteiger partial charge is 0.416 e. The number of hydrogen-bond donors (Lipinski definition) is 3. The summed E-state index contributed by atoms with van der Waals surface area (Å²) < 4.78 is 54.6. The number of ether oxygens (including phenoxy) is 2. The van der Waals surface area contributed by atoms with Crippen molar-refractivity contribution < 1.29 is 32.5 Å². The van der Waals surface area contributed by atoms with Crippen LogP contribution < -0.4 is 15.6 Å². The Labute approximate surface area is 281 Å². The minimum Gasteiger partial charge on any atom is -0.494 e. The van der Waals surface area contributed by atoms with E-state index in [1.54, 1.807) is 24.3 Å². The third-order valence-corrected chi connectivity index (χ3v) is 8.66. The Kier molecular flexibility index (Phi) is 10.8. The molecule has 0 bridgehead atoms. The number of carbonyl (C=O) groups is 1. The number of carbonyl (C=O) groups excluding carboxylic acids is 1. The number of alkyl halides is 3. The molecule has 0 radical (unpaired) electrons. The van der Waals surface area contributed by atoms with Gasteiger partial charge in [0.05, 0.1) is 12.2 Å². The molecule has 1 heterocycles. The monoisotopic (exact) mass is 759 g/mol. The molecule has 0 saturated carbocycles. The Balaban J connectivity index is 1.52. The van der Waals surface area contributed by atoms with Crippen LogP contribution >= 0.6 is 31.9 Å². The molecule has 7 nitrogen and oxygen atoms in total. The van der Waals surface area contributed by atoms with Crippen LogP contribution in [0, 0.1) is 0 Å². The van der Waals surface area contributed by atoms with Gasteiger partial charge >= 0.3 is 6.18 Å². The molecule has 4 aromatic rings. The number of aliphatic imine (C=N–C) groups is 1. The second kappa shape index (κ2) is 14.8. The van der Waals surface area contributed by atoms with E-state index < -0.39 is 29.3 Å². The van der Waals surface area contributed by atoms with E-state index in [4.69, 9.17) is 19.6 Å². The Hall–Kier alpha value is -3.71. The van der Waals surface area contributed by atoms with Crippen LogP contribution in [-0.4, -0.2) is 35.7 Å². The van der Waals surface area contributed by atoms with Gasteiger partial charge in [0, 0.05) is 46.1 Å². The van der Waals surface area contributed by atoms with Gasteiger partial charge in [-0.25, -0.2) is 10.4 Å². The fourth-order valence-electron chi connectivity index (χ4n) is 5.14. The van der Waals surface area contributed by atoms with Gasteiger partial charge in [0.25, 0.3) is 5.91 Å². The van der Waals surface area contributed by atoms with Crippen LogP contribution in [0.3, 0.4) is 0 Å². The first-order valence-corrected chi connectivity index (χ1v) is 16.0. The summed E-state index contributed by atoms with van der Waals surface area (Å²) in [5, 5.41) is 9.04. The molecule has 0 spiro atoms. The molecule has 46 heavy (non-hydrogen) atoms. The first-order chi connectivity index (χ1) is 22.1. The lowest BCUT2D eigenvalue weighted by Gasteiger charge is -2.31. The molecule has 0 unspecified atom stereocenters. The van der Waals surface area contributed by atoms with E-state index in [0.29, 0.717) is 34.4 Å². The number of halogens is 5. The van der Waals surface area contributed by atoms with Crippen LogP contribution in [0.2, 0.25) is 0 Å². The third-order valence-electron chi connectivity index (χ3n) is 7.41. The van der Waals surface area contributed by atoms with E-state index in [9.17, 15) is 18.0 Å². The van der Waals surface area contributed by atoms with E-state index >= 15 is 0 Å². The van der Waals surface area contributed by atoms with E-state index in [1.807, 2.05) is 48.5 Å². The van der Waals surface area contributed by atoms with Gasteiger partial charge < -0.3 is 14.6 Å². The van der Waals surface area contributed by atoms with E-state index in [0.717, 1.165) is 16.1 Å². The predicted molar refractivity (Wildman–Crippen MR) is 175 cm³/mol. The van der Waals surface area contributed by atoms with Crippen molar-refractivity contribution in [2.45, 2.75) is 37.2 Å². The highest BCUT2D eigenvalue weighted by molar-refractivity contribution is 9.10. The summed E-state index contributed by atoms with van der Waals surface area (Å²) >= 11 is 7.05. The van der Waals surface area contributed by atoms with Crippen molar-refractivity contribution in [1.29, 1.82) is 0 Å². The van der Waals surface area contributed by atoms with Crippen LogP contribution in [0.4, 0.5) is 13.2 Å². The molecule has 0 saturated heterocycles. The second-order valence-corrected chi connectivity index (χ2v) is 12.3. The van der Waals surface area contributed by atoms with Gasteiger partial charge in [0.1, 0.15) is 5.75 Å². The number of nitrogens with one attached hydrogen (secondary N) is 2. The molecule has 1 aliphatic heterocycles. The van der Waals surface area contributed by atoms with Crippen molar-refractivity contribution in [3.8, 4) is 5.75 Å². The first kappa shape index (κ1) is 33.6. The minimum absolute atomic E-state index is 0.0192. The average molecular weight is 761 g/mol. The van der Waals surface area contributed by atoms with E-state index in [1.165, 1.54) is 18.2 Å². The van der Waals surface area contributed by atoms with Crippen molar-refractivity contribution in [2.24, 2.45) is 4.99 Å². The Morgan fingerprint density at radius 2 is 1.65 bits per heavy atom. The lowest BCUT2D eigenvalue weighted by Crippen LogP contribution is -2.53. The number of nitrogens with zero attached hydrogens (tertiary/aromatic N) is 1. The molecule has 240 valence electrons. The maximum Gasteiger partial charge on any atom is 0.416 e. The molecule has 0 aliphatic carbocycles.